The van der Waals surface area contributed by atoms with E-state index in [0.717, 1.165) is 24.3 Å². The second kappa shape index (κ2) is 8.98. The van der Waals surface area contributed by atoms with Crippen molar-refractivity contribution in [2.75, 3.05) is 12.4 Å². The summed E-state index contributed by atoms with van der Waals surface area (Å²) in [5.41, 5.74) is 5.66. The fourth-order valence-corrected chi connectivity index (χ4v) is 2.18. The fourth-order valence-electron chi connectivity index (χ4n) is 2.01. The summed E-state index contributed by atoms with van der Waals surface area (Å²) in [6.07, 6.45) is 1.71. The maximum Gasteiger partial charge on any atom is 0.191 e. The van der Waals surface area contributed by atoms with E-state index in [1.807, 2.05) is 31.2 Å². The van der Waals surface area contributed by atoms with Gasteiger partial charge in [-0.1, -0.05) is 12.1 Å². The van der Waals surface area contributed by atoms with Crippen molar-refractivity contribution in [3.63, 3.8) is 0 Å². The molecule has 0 bridgehead atoms. The molecule has 6 heteroatoms. The highest BCUT2D eigenvalue weighted by molar-refractivity contribution is 7.80. The Morgan fingerprint density at radius 2 is 1.79 bits per heavy atom. The van der Waals surface area contributed by atoms with Crippen molar-refractivity contribution >= 4 is 28.7 Å². The molecular weight excluding hydrogens is 325 g/mol. The molecular formula is C18H20FN3OS. The molecule has 0 unspecified atom stereocenters. The number of hydrogen-bond donors (Lipinski definition) is 2. The summed E-state index contributed by atoms with van der Waals surface area (Å²) in [4.78, 5) is 0. The second-order valence-electron chi connectivity index (χ2n) is 5.27. The summed E-state index contributed by atoms with van der Waals surface area (Å²) < 4.78 is 18.0. The first kappa shape index (κ1) is 17.9. The number of benzene rings is 2. The van der Waals surface area contributed by atoms with Gasteiger partial charge in [-0.15, -0.1) is 0 Å². The molecule has 0 radical (unpaired) electrons. The number of hydrogen-bond acceptors (Lipinski definition) is 3. The van der Waals surface area contributed by atoms with E-state index in [1.54, 1.807) is 19.2 Å². The van der Waals surface area contributed by atoms with Gasteiger partial charge in [-0.2, -0.15) is 5.10 Å². The normalized spacial score (nSPS) is 11.0. The predicted molar refractivity (Wildman–Crippen MR) is 100 cm³/mol. The molecule has 0 aliphatic heterocycles. The Labute approximate surface area is 146 Å². The van der Waals surface area contributed by atoms with E-state index in [0.29, 0.717) is 10.8 Å². The standard InChI is InChI=1S/C18H20FN3OS/c1-13(3-4-14-5-11-17(23-2)12-6-14)21-22-18(24)20-16-9-7-15(19)8-10-16/h5-12H,3-4H2,1-2H3,(H2,20,22,24)/b21-13-. The van der Waals surface area contributed by atoms with Crippen LogP contribution in [0.1, 0.15) is 18.9 Å². The highest BCUT2D eigenvalue weighted by Gasteiger charge is 1.99. The molecule has 4 nitrogen and oxygen atoms in total. The monoisotopic (exact) mass is 345 g/mol. The first-order chi connectivity index (χ1) is 11.6. The van der Waals surface area contributed by atoms with Crippen LogP contribution in [0.5, 0.6) is 5.75 Å². The Balaban J connectivity index is 1.77. The number of rotatable bonds is 6. The van der Waals surface area contributed by atoms with Gasteiger partial charge in [0.25, 0.3) is 0 Å². The number of aryl methyl sites for hydroxylation is 1. The van der Waals surface area contributed by atoms with Gasteiger partial charge >= 0.3 is 0 Å². The van der Waals surface area contributed by atoms with E-state index in [9.17, 15) is 4.39 Å². The average Bonchev–Trinajstić information content (AvgIpc) is 2.60. The van der Waals surface area contributed by atoms with Crippen molar-refractivity contribution in [2.45, 2.75) is 19.8 Å². The predicted octanol–water partition coefficient (Wildman–Crippen LogP) is 4.13. The van der Waals surface area contributed by atoms with E-state index in [2.05, 4.69) is 15.8 Å². The van der Waals surface area contributed by atoms with Gasteiger partial charge in [-0.25, -0.2) is 4.39 Å². The van der Waals surface area contributed by atoms with Crippen molar-refractivity contribution in [1.29, 1.82) is 0 Å². The number of methoxy groups -OCH3 is 1. The maximum absolute atomic E-state index is 12.8. The zero-order valence-electron chi connectivity index (χ0n) is 13.7. The third kappa shape index (κ3) is 5.96. The van der Waals surface area contributed by atoms with Gasteiger partial charge in [-0.3, -0.25) is 5.43 Å². The van der Waals surface area contributed by atoms with Gasteiger partial charge in [0.2, 0.25) is 0 Å². The number of nitrogens with one attached hydrogen (secondary N) is 2. The molecule has 0 aliphatic carbocycles. The number of thiocarbonyl (C=S) groups is 1. The number of anilines is 1. The third-order valence-electron chi connectivity index (χ3n) is 3.38. The largest absolute Gasteiger partial charge is 0.497 e. The molecule has 0 saturated heterocycles. The molecule has 0 aliphatic rings. The van der Waals surface area contributed by atoms with Crippen molar-refractivity contribution in [3.8, 4) is 5.75 Å². The van der Waals surface area contributed by atoms with Crippen LogP contribution in [-0.2, 0) is 6.42 Å². The highest BCUT2D eigenvalue weighted by Crippen LogP contribution is 2.12. The first-order valence-electron chi connectivity index (χ1n) is 7.55. The minimum absolute atomic E-state index is 0.285. The van der Waals surface area contributed by atoms with Crippen LogP contribution in [-0.4, -0.2) is 17.9 Å². The van der Waals surface area contributed by atoms with E-state index < -0.39 is 0 Å². The van der Waals surface area contributed by atoms with Crippen molar-refractivity contribution < 1.29 is 9.13 Å². The van der Waals surface area contributed by atoms with E-state index in [1.165, 1.54) is 17.7 Å². The molecule has 0 atom stereocenters. The molecule has 0 heterocycles. The Kier molecular flexibility index (Phi) is 6.69. The Morgan fingerprint density at radius 1 is 1.12 bits per heavy atom. The van der Waals surface area contributed by atoms with Crippen LogP contribution < -0.4 is 15.5 Å². The van der Waals surface area contributed by atoms with Gasteiger partial charge in [0.05, 0.1) is 7.11 Å². The summed E-state index contributed by atoms with van der Waals surface area (Å²) in [5, 5.41) is 7.56. The highest BCUT2D eigenvalue weighted by atomic mass is 32.1. The quantitative estimate of drug-likeness (QED) is 0.469. The minimum atomic E-state index is -0.285. The summed E-state index contributed by atoms with van der Waals surface area (Å²) in [6.45, 7) is 1.94. The second-order valence-corrected chi connectivity index (χ2v) is 5.68. The van der Waals surface area contributed by atoms with E-state index in [-0.39, 0.29) is 5.82 Å². The van der Waals surface area contributed by atoms with Crippen LogP contribution in [0.25, 0.3) is 0 Å². The third-order valence-corrected chi connectivity index (χ3v) is 3.58. The molecule has 0 amide bonds. The molecule has 2 aromatic rings. The molecule has 2 N–H and O–H groups in total. The van der Waals surface area contributed by atoms with Crippen LogP contribution >= 0.6 is 12.2 Å². The van der Waals surface area contributed by atoms with Crippen LogP contribution in [0.3, 0.4) is 0 Å². The zero-order valence-corrected chi connectivity index (χ0v) is 14.5. The van der Waals surface area contributed by atoms with Crippen LogP contribution in [0.4, 0.5) is 10.1 Å². The molecule has 24 heavy (non-hydrogen) atoms. The van der Waals surface area contributed by atoms with E-state index >= 15 is 0 Å². The minimum Gasteiger partial charge on any atom is -0.497 e. The Hall–Kier alpha value is -2.47. The summed E-state index contributed by atoms with van der Waals surface area (Å²) >= 11 is 5.16. The molecule has 2 aromatic carbocycles. The molecule has 126 valence electrons. The average molecular weight is 345 g/mol. The van der Waals surface area contributed by atoms with Crippen molar-refractivity contribution in [2.24, 2.45) is 5.10 Å². The lowest BCUT2D eigenvalue weighted by molar-refractivity contribution is 0.414. The molecule has 0 aromatic heterocycles. The topological polar surface area (TPSA) is 45.6 Å². The number of hydrazone groups is 1. The lowest BCUT2D eigenvalue weighted by atomic mass is 10.1. The SMILES string of the molecule is COc1ccc(CC/C(C)=N\NC(=S)Nc2ccc(F)cc2)cc1. The molecule has 0 fully saturated rings. The lowest BCUT2D eigenvalue weighted by Crippen LogP contribution is -2.24. The maximum atomic E-state index is 12.8. The van der Waals surface area contributed by atoms with Crippen LogP contribution in [0, 0.1) is 5.82 Å². The number of nitrogens with zero attached hydrogens (tertiary/aromatic N) is 1. The van der Waals surface area contributed by atoms with Gasteiger partial charge in [0.1, 0.15) is 11.6 Å². The lowest BCUT2D eigenvalue weighted by Gasteiger charge is -2.08. The van der Waals surface area contributed by atoms with Crippen LogP contribution in [0.2, 0.25) is 0 Å². The smallest absolute Gasteiger partial charge is 0.191 e. The summed E-state index contributed by atoms with van der Waals surface area (Å²) in [5.74, 6) is 0.565. The summed E-state index contributed by atoms with van der Waals surface area (Å²) in [6, 6.07) is 13.9. The first-order valence-corrected chi connectivity index (χ1v) is 7.96. The fraction of sp³-hybridized carbons (Fsp3) is 0.222. The molecule has 0 saturated carbocycles. The van der Waals surface area contributed by atoms with Crippen molar-refractivity contribution in [3.05, 3.63) is 59.9 Å². The molecule has 0 spiro atoms. The zero-order chi connectivity index (χ0) is 17.4. The number of ether oxygens (including phenoxy) is 1. The van der Waals surface area contributed by atoms with Gasteiger partial charge in [-0.05, 0) is 73.9 Å². The van der Waals surface area contributed by atoms with Gasteiger partial charge in [0, 0.05) is 11.4 Å². The number of halogens is 1. The van der Waals surface area contributed by atoms with Crippen LogP contribution in [0.15, 0.2) is 53.6 Å². The molecule has 2 rings (SSSR count). The van der Waals surface area contributed by atoms with Gasteiger partial charge in [0.15, 0.2) is 5.11 Å². The Morgan fingerprint density at radius 3 is 2.42 bits per heavy atom. The van der Waals surface area contributed by atoms with E-state index in [4.69, 9.17) is 17.0 Å². The van der Waals surface area contributed by atoms with Gasteiger partial charge < -0.3 is 10.1 Å². The summed E-state index contributed by atoms with van der Waals surface area (Å²) in [7, 11) is 1.65. The Bertz CT molecular complexity index is 699. The van der Waals surface area contributed by atoms with Crippen molar-refractivity contribution in [1.82, 2.24) is 5.43 Å².